The quantitative estimate of drug-likeness (QED) is 0.555. The predicted molar refractivity (Wildman–Crippen MR) is 103 cm³/mol. The van der Waals surface area contributed by atoms with Crippen LogP contribution in [0.3, 0.4) is 0 Å². The SMILES string of the molecule is CC(C)C[C@H](NC(=O)c1ccccc1)C(=O)C(=O)NN=C1SCCN1C. The molecule has 0 bridgehead atoms. The molecule has 0 aliphatic carbocycles. The minimum atomic E-state index is -0.892. The first-order valence-electron chi connectivity index (χ1n) is 8.50. The number of amidine groups is 1. The summed E-state index contributed by atoms with van der Waals surface area (Å²) < 4.78 is 0. The number of carbonyl (C=O) groups excluding carboxylic acids is 3. The van der Waals surface area contributed by atoms with Gasteiger partial charge in [-0.15, -0.1) is 5.10 Å². The number of rotatable bonds is 7. The zero-order valence-electron chi connectivity index (χ0n) is 15.2. The van der Waals surface area contributed by atoms with E-state index in [0.717, 1.165) is 12.3 Å². The molecule has 1 aliphatic rings. The van der Waals surface area contributed by atoms with Crippen molar-refractivity contribution in [2.45, 2.75) is 26.3 Å². The zero-order valence-corrected chi connectivity index (χ0v) is 16.0. The van der Waals surface area contributed by atoms with Crippen LogP contribution in [0, 0.1) is 5.92 Å². The van der Waals surface area contributed by atoms with E-state index in [4.69, 9.17) is 0 Å². The van der Waals surface area contributed by atoms with Gasteiger partial charge in [0.05, 0.1) is 6.04 Å². The molecule has 1 aromatic carbocycles. The van der Waals surface area contributed by atoms with E-state index in [9.17, 15) is 14.4 Å². The number of thioether (sulfide) groups is 1. The number of nitrogens with one attached hydrogen (secondary N) is 2. The van der Waals surface area contributed by atoms with Gasteiger partial charge in [-0.05, 0) is 24.5 Å². The highest BCUT2D eigenvalue weighted by atomic mass is 32.2. The second-order valence-electron chi connectivity index (χ2n) is 6.49. The lowest BCUT2D eigenvalue weighted by atomic mass is 9.99. The molecule has 8 heteroatoms. The number of amides is 2. The van der Waals surface area contributed by atoms with Crippen LogP contribution in [-0.4, -0.2) is 53.1 Å². The summed E-state index contributed by atoms with van der Waals surface area (Å²) in [5, 5.41) is 7.33. The van der Waals surface area contributed by atoms with Gasteiger partial charge in [-0.3, -0.25) is 14.4 Å². The van der Waals surface area contributed by atoms with Crippen molar-refractivity contribution in [1.82, 2.24) is 15.6 Å². The highest BCUT2D eigenvalue weighted by molar-refractivity contribution is 8.14. The van der Waals surface area contributed by atoms with Crippen LogP contribution in [-0.2, 0) is 9.59 Å². The highest BCUT2D eigenvalue weighted by Crippen LogP contribution is 2.15. The fourth-order valence-electron chi connectivity index (χ4n) is 2.44. The van der Waals surface area contributed by atoms with Crippen LogP contribution >= 0.6 is 11.8 Å². The van der Waals surface area contributed by atoms with Gasteiger partial charge in [0.1, 0.15) is 0 Å². The molecule has 1 aliphatic heterocycles. The Morgan fingerprint density at radius 1 is 1.23 bits per heavy atom. The van der Waals surface area contributed by atoms with Crippen molar-refractivity contribution in [2.75, 3.05) is 19.3 Å². The summed E-state index contributed by atoms with van der Waals surface area (Å²) in [5.41, 5.74) is 2.75. The Morgan fingerprint density at radius 2 is 1.92 bits per heavy atom. The molecule has 2 rings (SSSR count). The summed E-state index contributed by atoms with van der Waals surface area (Å²) in [7, 11) is 1.87. The molecule has 1 heterocycles. The average molecular weight is 376 g/mol. The van der Waals surface area contributed by atoms with Crippen LogP contribution in [0.1, 0.15) is 30.6 Å². The first-order valence-corrected chi connectivity index (χ1v) is 9.48. The minimum absolute atomic E-state index is 0.135. The Balaban J connectivity index is 2.03. The van der Waals surface area contributed by atoms with Crippen molar-refractivity contribution in [1.29, 1.82) is 0 Å². The van der Waals surface area contributed by atoms with Gasteiger partial charge in [-0.25, -0.2) is 5.43 Å². The molecule has 1 aromatic rings. The number of hydrogen-bond donors (Lipinski definition) is 2. The molecule has 0 unspecified atom stereocenters. The molecule has 0 saturated carbocycles. The summed E-state index contributed by atoms with van der Waals surface area (Å²) in [4.78, 5) is 39.0. The lowest BCUT2D eigenvalue weighted by Gasteiger charge is -2.19. The van der Waals surface area contributed by atoms with Gasteiger partial charge in [0.2, 0.25) is 5.78 Å². The van der Waals surface area contributed by atoms with Gasteiger partial charge in [-0.1, -0.05) is 43.8 Å². The highest BCUT2D eigenvalue weighted by Gasteiger charge is 2.28. The molecule has 1 fully saturated rings. The first-order chi connectivity index (χ1) is 12.4. The maximum absolute atomic E-state index is 12.5. The molecule has 2 amide bonds. The number of hydrazone groups is 1. The van der Waals surface area contributed by atoms with Crippen LogP contribution in [0.15, 0.2) is 35.4 Å². The smallest absolute Gasteiger partial charge is 0.309 e. The maximum Gasteiger partial charge on any atom is 0.309 e. The second-order valence-corrected chi connectivity index (χ2v) is 7.55. The average Bonchev–Trinajstić information content (AvgIpc) is 3.03. The van der Waals surface area contributed by atoms with Crippen molar-refractivity contribution >= 4 is 34.5 Å². The molecule has 140 valence electrons. The third kappa shape index (κ3) is 5.59. The van der Waals surface area contributed by atoms with Crippen molar-refractivity contribution in [3.05, 3.63) is 35.9 Å². The summed E-state index contributed by atoms with van der Waals surface area (Å²) in [6, 6.07) is 7.71. The summed E-state index contributed by atoms with van der Waals surface area (Å²) in [5.74, 6) is -0.872. The molecule has 0 radical (unpaired) electrons. The molecule has 0 aromatic heterocycles. The summed E-state index contributed by atoms with van der Waals surface area (Å²) in [6.45, 7) is 4.70. The number of ketones is 1. The Morgan fingerprint density at radius 3 is 2.50 bits per heavy atom. The van der Waals surface area contributed by atoms with Crippen molar-refractivity contribution < 1.29 is 14.4 Å². The third-order valence-corrected chi connectivity index (χ3v) is 4.87. The van der Waals surface area contributed by atoms with Crippen LogP contribution < -0.4 is 10.7 Å². The van der Waals surface area contributed by atoms with Gasteiger partial charge in [0.25, 0.3) is 5.91 Å². The molecule has 1 saturated heterocycles. The van der Waals surface area contributed by atoms with Crippen LogP contribution in [0.25, 0.3) is 0 Å². The monoisotopic (exact) mass is 376 g/mol. The van der Waals surface area contributed by atoms with Gasteiger partial charge in [0, 0.05) is 24.9 Å². The van der Waals surface area contributed by atoms with Crippen molar-refractivity contribution in [2.24, 2.45) is 11.0 Å². The predicted octanol–water partition coefficient (Wildman–Crippen LogP) is 1.47. The van der Waals surface area contributed by atoms with E-state index in [2.05, 4.69) is 15.8 Å². The number of benzene rings is 1. The molecule has 0 spiro atoms. The molecular formula is C18H24N4O3S. The van der Waals surface area contributed by atoms with Crippen LogP contribution in [0.4, 0.5) is 0 Å². The summed E-state index contributed by atoms with van der Waals surface area (Å²) >= 11 is 1.51. The van der Waals surface area contributed by atoms with Gasteiger partial charge in [0.15, 0.2) is 5.17 Å². The lowest BCUT2D eigenvalue weighted by Crippen LogP contribution is -2.47. The summed E-state index contributed by atoms with van der Waals surface area (Å²) in [6.07, 6.45) is 0.371. The van der Waals surface area contributed by atoms with Crippen LogP contribution in [0.5, 0.6) is 0 Å². The molecule has 7 nitrogen and oxygen atoms in total. The van der Waals surface area contributed by atoms with Crippen molar-refractivity contribution in [3.63, 3.8) is 0 Å². The van der Waals surface area contributed by atoms with E-state index in [0.29, 0.717) is 17.2 Å². The fraction of sp³-hybridized carbons (Fsp3) is 0.444. The number of Topliss-reactive ketones (excluding diaryl/α,β-unsaturated/α-hetero) is 1. The van der Waals surface area contributed by atoms with E-state index in [1.54, 1.807) is 30.3 Å². The lowest BCUT2D eigenvalue weighted by molar-refractivity contribution is -0.139. The Kier molecular flexibility index (Phi) is 7.20. The van der Waals surface area contributed by atoms with Gasteiger partial charge >= 0.3 is 5.91 Å². The largest absolute Gasteiger partial charge is 0.352 e. The van der Waals surface area contributed by atoms with Gasteiger partial charge in [-0.2, -0.15) is 0 Å². The standard InChI is InChI=1S/C18H24N4O3S/c1-12(2)11-14(19-16(24)13-7-5-4-6-8-13)15(23)17(25)20-21-18-22(3)9-10-26-18/h4-8,12,14H,9-11H2,1-3H3,(H,19,24)(H,20,25)/t14-/m0/s1. The topological polar surface area (TPSA) is 90.9 Å². The number of nitrogens with zero attached hydrogens (tertiary/aromatic N) is 2. The first kappa shape index (κ1) is 20.0. The van der Waals surface area contributed by atoms with Crippen molar-refractivity contribution in [3.8, 4) is 0 Å². The van der Waals surface area contributed by atoms with E-state index in [1.165, 1.54) is 11.8 Å². The maximum atomic E-state index is 12.5. The molecule has 1 atom stereocenters. The third-order valence-electron chi connectivity index (χ3n) is 3.83. The molecule has 26 heavy (non-hydrogen) atoms. The Bertz CT molecular complexity index is 691. The number of carbonyl (C=O) groups is 3. The van der Waals surface area contributed by atoms with E-state index < -0.39 is 17.7 Å². The molecule has 2 N–H and O–H groups in total. The normalized spacial score (nSPS) is 16.6. The zero-order chi connectivity index (χ0) is 19.1. The second kappa shape index (κ2) is 9.38. The van der Waals surface area contributed by atoms with E-state index in [-0.39, 0.29) is 11.8 Å². The van der Waals surface area contributed by atoms with E-state index in [1.807, 2.05) is 25.8 Å². The number of hydrogen-bond acceptors (Lipinski definition) is 5. The van der Waals surface area contributed by atoms with E-state index >= 15 is 0 Å². The minimum Gasteiger partial charge on any atom is -0.352 e. The molecular weight excluding hydrogens is 352 g/mol. The fourth-order valence-corrected chi connectivity index (χ4v) is 3.41. The van der Waals surface area contributed by atoms with Gasteiger partial charge < -0.3 is 10.2 Å². The Hall–Kier alpha value is -2.35. The Labute approximate surface area is 157 Å². The van der Waals surface area contributed by atoms with Crippen LogP contribution in [0.2, 0.25) is 0 Å².